The highest BCUT2D eigenvalue weighted by Gasteiger charge is 2.14. The summed E-state index contributed by atoms with van der Waals surface area (Å²) in [6, 6.07) is 11.4. The molecule has 1 aromatic heterocycles. The zero-order chi connectivity index (χ0) is 14.3. The molecule has 4 nitrogen and oxygen atoms in total. The molecular formula is C16H15N3O. The van der Waals surface area contributed by atoms with E-state index in [0.717, 1.165) is 21.9 Å². The second-order valence-electron chi connectivity index (χ2n) is 4.78. The summed E-state index contributed by atoms with van der Waals surface area (Å²) in [6.07, 6.45) is 0. The number of carbonyl (C=O) groups is 1. The topological polar surface area (TPSA) is 68.0 Å². The van der Waals surface area contributed by atoms with Gasteiger partial charge >= 0.3 is 0 Å². The first-order chi connectivity index (χ1) is 9.63. The van der Waals surface area contributed by atoms with Crippen molar-refractivity contribution in [3.8, 4) is 0 Å². The number of nitrogens with zero attached hydrogens (tertiary/aromatic N) is 1. The van der Waals surface area contributed by atoms with Crippen LogP contribution in [0.4, 0.5) is 5.69 Å². The van der Waals surface area contributed by atoms with Crippen molar-refractivity contribution in [3.05, 3.63) is 47.5 Å². The van der Waals surface area contributed by atoms with E-state index in [1.165, 1.54) is 0 Å². The third kappa shape index (κ3) is 1.69. The molecule has 3 rings (SSSR count). The minimum atomic E-state index is -0.157. The Bertz CT molecular complexity index is 840. The molecule has 0 spiro atoms. The largest absolute Gasteiger partial charge is 0.398 e. The van der Waals surface area contributed by atoms with E-state index < -0.39 is 0 Å². The van der Waals surface area contributed by atoms with Gasteiger partial charge in [-0.15, -0.1) is 0 Å². The van der Waals surface area contributed by atoms with Crippen LogP contribution in [0.25, 0.3) is 21.8 Å². The number of para-hydroxylation sites is 2. The van der Waals surface area contributed by atoms with Crippen LogP contribution in [-0.4, -0.2) is 17.9 Å². The number of pyridine rings is 1. The summed E-state index contributed by atoms with van der Waals surface area (Å²) >= 11 is 0. The predicted molar refractivity (Wildman–Crippen MR) is 81.8 cm³/mol. The van der Waals surface area contributed by atoms with E-state index in [-0.39, 0.29) is 5.91 Å². The standard InChI is InChI=1S/C16H15N3O/c1-9-5-3-6-10-13(17)11-7-4-8-12(16(20)18-2)15(11)19-14(9)10/h3-8H,1-2H3,(H2,17,19)(H,18,20). The van der Waals surface area contributed by atoms with Gasteiger partial charge in [-0.05, 0) is 18.6 Å². The first-order valence-corrected chi connectivity index (χ1v) is 6.43. The van der Waals surface area contributed by atoms with Gasteiger partial charge in [0, 0.05) is 17.8 Å². The van der Waals surface area contributed by atoms with Crippen LogP contribution in [-0.2, 0) is 0 Å². The van der Waals surface area contributed by atoms with Crippen molar-refractivity contribution in [2.45, 2.75) is 6.92 Å². The van der Waals surface area contributed by atoms with Crippen molar-refractivity contribution in [2.24, 2.45) is 0 Å². The Hall–Kier alpha value is -2.62. The van der Waals surface area contributed by atoms with Crippen LogP contribution in [0.1, 0.15) is 15.9 Å². The quantitative estimate of drug-likeness (QED) is 0.665. The van der Waals surface area contributed by atoms with Crippen LogP contribution in [0.2, 0.25) is 0 Å². The van der Waals surface area contributed by atoms with Crippen molar-refractivity contribution >= 4 is 33.4 Å². The van der Waals surface area contributed by atoms with Gasteiger partial charge < -0.3 is 11.1 Å². The lowest BCUT2D eigenvalue weighted by atomic mass is 10.0. The zero-order valence-electron chi connectivity index (χ0n) is 11.4. The highest BCUT2D eigenvalue weighted by Crippen LogP contribution is 2.31. The van der Waals surface area contributed by atoms with Gasteiger partial charge in [0.25, 0.3) is 5.91 Å². The van der Waals surface area contributed by atoms with E-state index in [2.05, 4.69) is 10.3 Å². The maximum absolute atomic E-state index is 12.0. The monoisotopic (exact) mass is 265 g/mol. The Morgan fingerprint density at radius 2 is 1.75 bits per heavy atom. The van der Waals surface area contributed by atoms with Gasteiger partial charge in [-0.2, -0.15) is 0 Å². The number of amides is 1. The van der Waals surface area contributed by atoms with Crippen LogP contribution >= 0.6 is 0 Å². The van der Waals surface area contributed by atoms with Crippen molar-refractivity contribution in [1.82, 2.24) is 10.3 Å². The van der Waals surface area contributed by atoms with Crippen LogP contribution < -0.4 is 11.1 Å². The second-order valence-corrected chi connectivity index (χ2v) is 4.78. The van der Waals surface area contributed by atoms with E-state index >= 15 is 0 Å². The van der Waals surface area contributed by atoms with Gasteiger partial charge in [-0.25, -0.2) is 4.98 Å². The third-order valence-electron chi connectivity index (χ3n) is 3.55. The van der Waals surface area contributed by atoms with E-state index in [4.69, 9.17) is 5.73 Å². The molecule has 0 atom stereocenters. The van der Waals surface area contributed by atoms with E-state index in [1.807, 2.05) is 37.3 Å². The zero-order valence-corrected chi connectivity index (χ0v) is 11.4. The molecule has 0 bridgehead atoms. The molecule has 0 aliphatic heterocycles. The molecule has 4 heteroatoms. The summed E-state index contributed by atoms with van der Waals surface area (Å²) in [7, 11) is 1.61. The summed E-state index contributed by atoms with van der Waals surface area (Å²) in [5.74, 6) is -0.157. The maximum Gasteiger partial charge on any atom is 0.253 e. The summed E-state index contributed by atoms with van der Waals surface area (Å²) in [5.41, 5.74) is 10.0. The Morgan fingerprint density at radius 1 is 1.10 bits per heavy atom. The average Bonchev–Trinajstić information content (AvgIpc) is 2.47. The molecule has 2 aromatic carbocycles. The fourth-order valence-corrected chi connectivity index (χ4v) is 2.48. The summed E-state index contributed by atoms with van der Waals surface area (Å²) in [6.45, 7) is 1.99. The molecule has 1 amide bonds. The summed E-state index contributed by atoms with van der Waals surface area (Å²) < 4.78 is 0. The van der Waals surface area contributed by atoms with Crippen LogP contribution in [0, 0.1) is 6.92 Å². The lowest BCUT2D eigenvalue weighted by Gasteiger charge is -2.11. The predicted octanol–water partition coefficient (Wildman–Crippen LogP) is 2.64. The molecule has 20 heavy (non-hydrogen) atoms. The van der Waals surface area contributed by atoms with Gasteiger partial charge in [0.15, 0.2) is 0 Å². The molecule has 0 aliphatic rings. The molecule has 0 fully saturated rings. The maximum atomic E-state index is 12.0. The van der Waals surface area contributed by atoms with E-state index in [0.29, 0.717) is 16.8 Å². The van der Waals surface area contributed by atoms with Gasteiger partial charge in [-0.3, -0.25) is 4.79 Å². The molecule has 0 unspecified atom stereocenters. The Kier molecular flexibility index (Phi) is 2.79. The van der Waals surface area contributed by atoms with E-state index in [1.54, 1.807) is 13.1 Å². The van der Waals surface area contributed by atoms with Crippen molar-refractivity contribution in [1.29, 1.82) is 0 Å². The number of aromatic nitrogens is 1. The second kappa shape index (κ2) is 4.49. The molecule has 3 aromatic rings. The van der Waals surface area contributed by atoms with Crippen LogP contribution in [0.3, 0.4) is 0 Å². The number of anilines is 1. The lowest BCUT2D eigenvalue weighted by Crippen LogP contribution is -2.18. The summed E-state index contributed by atoms with van der Waals surface area (Å²) in [5, 5.41) is 4.37. The SMILES string of the molecule is CNC(=O)c1cccc2c(N)c3cccc(C)c3nc12. The number of fused-ring (bicyclic) bond motifs is 2. The molecule has 3 N–H and O–H groups in total. The first-order valence-electron chi connectivity index (χ1n) is 6.43. The fraction of sp³-hybridized carbons (Fsp3) is 0.125. The Morgan fingerprint density at radius 3 is 2.45 bits per heavy atom. The number of nitrogens with one attached hydrogen (secondary N) is 1. The minimum absolute atomic E-state index is 0.157. The smallest absolute Gasteiger partial charge is 0.253 e. The molecule has 100 valence electrons. The molecular weight excluding hydrogens is 250 g/mol. The number of hydrogen-bond acceptors (Lipinski definition) is 3. The number of hydrogen-bond donors (Lipinski definition) is 2. The number of benzene rings is 2. The van der Waals surface area contributed by atoms with Gasteiger partial charge in [-0.1, -0.05) is 30.3 Å². The number of aryl methyl sites for hydroxylation is 1. The highest BCUT2D eigenvalue weighted by atomic mass is 16.1. The number of nitrogen functional groups attached to an aromatic ring is 1. The minimum Gasteiger partial charge on any atom is -0.398 e. The van der Waals surface area contributed by atoms with Crippen molar-refractivity contribution in [2.75, 3.05) is 12.8 Å². The molecule has 0 saturated heterocycles. The number of carbonyl (C=O) groups excluding carboxylic acids is 1. The third-order valence-corrected chi connectivity index (χ3v) is 3.55. The highest BCUT2D eigenvalue weighted by molar-refractivity contribution is 6.13. The molecule has 0 radical (unpaired) electrons. The molecule has 0 aliphatic carbocycles. The fourth-order valence-electron chi connectivity index (χ4n) is 2.48. The van der Waals surface area contributed by atoms with Crippen molar-refractivity contribution < 1.29 is 4.79 Å². The van der Waals surface area contributed by atoms with Gasteiger partial charge in [0.1, 0.15) is 0 Å². The van der Waals surface area contributed by atoms with E-state index in [9.17, 15) is 4.79 Å². The average molecular weight is 265 g/mol. The normalized spacial score (nSPS) is 10.9. The first kappa shape index (κ1) is 12.4. The molecule has 0 saturated carbocycles. The van der Waals surface area contributed by atoms with Crippen LogP contribution in [0.5, 0.6) is 0 Å². The number of nitrogens with two attached hydrogens (primary N) is 1. The van der Waals surface area contributed by atoms with Crippen LogP contribution in [0.15, 0.2) is 36.4 Å². The number of rotatable bonds is 1. The Balaban J connectivity index is 2.51. The lowest BCUT2D eigenvalue weighted by molar-refractivity contribution is 0.0964. The summed E-state index contributed by atoms with van der Waals surface area (Å²) in [4.78, 5) is 16.6. The van der Waals surface area contributed by atoms with Gasteiger partial charge in [0.2, 0.25) is 0 Å². The molecule has 1 heterocycles. The van der Waals surface area contributed by atoms with Crippen molar-refractivity contribution in [3.63, 3.8) is 0 Å². The van der Waals surface area contributed by atoms with Gasteiger partial charge in [0.05, 0.1) is 22.3 Å². The Labute approximate surface area is 116 Å².